The Morgan fingerprint density at radius 2 is 1.74 bits per heavy atom. The van der Waals surface area contributed by atoms with Crippen LogP contribution in [0.2, 0.25) is 0 Å². The Bertz CT molecular complexity index is 807. The summed E-state index contributed by atoms with van der Waals surface area (Å²) in [5.74, 6) is 0.233. The number of nitriles is 1. The van der Waals surface area contributed by atoms with Crippen LogP contribution in [-0.4, -0.2) is 30.5 Å². The number of carbonyl (C=O) groups is 1. The topological polar surface area (TPSA) is 65.4 Å². The zero-order valence-corrected chi connectivity index (χ0v) is 15.5. The van der Waals surface area contributed by atoms with Gasteiger partial charge in [0.15, 0.2) is 6.61 Å². The van der Waals surface area contributed by atoms with Crippen LogP contribution in [-0.2, 0) is 17.9 Å². The van der Waals surface area contributed by atoms with Crippen molar-refractivity contribution in [2.45, 2.75) is 32.4 Å². The molecule has 0 bridgehead atoms. The average Bonchev–Trinajstić information content (AvgIpc) is 2.72. The minimum Gasteiger partial charge on any atom is -0.482 e. The van der Waals surface area contributed by atoms with Gasteiger partial charge in [0.1, 0.15) is 11.8 Å². The van der Waals surface area contributed by atoms with Gasteiger partial charge >= 0.3 is 0 Å². The minimum atomic E-state index is -0.199. The molecule has 2 aromatic rings. The van der Waals surface area contributed by atoms with E-state index in [1.54, 1.807) is 24.3 Å². The third-order valence-electron chi connectivity index (χ3n) is 4.80. The number of nitrogens with zero attached hydrogens (tertiary/aromatic N) is 2. The number of para-hydroxylation sites is 1. The Balaban J connectivity index is 1.52. The van der Waals surface area contributed by atoms with Gasteiger partial charge in [-0.1, -0.05) is 42.8 Å². The first-order chi connectivity index (χ1) is 13.3. The molecule has 1 saturated heterocycles. The molecule has 1 fully saturated rings. The van der Waals surface area contributed by atoms with Crippen LogP contribution >= 0.6 is 0 Å². The molecule has 1 aliphatic heterocycles. The van der Waals surface area contributed by atoms with Gasteiger partial charge in [0.25, 0.3) is 5.91 Å². The maximum atomic E-state index is 12.2. The van der Waals surface area contributed by atoms with Crippen molar-refractivity contribution < 1.29 is 9.53 Å². The van der Waals surface area contributed by atoms with Gasteiger partial charge in [-0.15, -0.1) is 0 Å². The molecule has 140 valence electrons. The number of amides is 1. The number of carbonyl (C=O) groups excluding carboxylic acids is 1. The molecule has 2 aromatic carbocycles. The molecule has 0 atom stereocenters. The molecule has 1 heterocycles. The van der Waals surface area contributed by atoms with E-state index >= 15 is 0 Å². The van der Waals surface area contributed by atoms with Crippen molar-refractivity contribution in [3.8, 4) is 11.8 Å². The molecule has 1 aliphatic rings. The van der Waals surface area contributed by atoms with Crippen LogP contribution in [0.25, 0.3) is 0 Å². The summed E-state index contributed by atoms with van der Waals surface area (Å²) in [6.07, 6.45) is 3.85. The number of benzene rings is 2. The van der Waals surface area contributed by atoms with Crippen LogP contribution in [0.15, 0.2) is 48.5 Å². The van der Waals surface area contributed by atoms with Gasteiger partial charge in [0.2, 0.25) is 0 Å². The fourth-order valence-electron chi connectivity index (χ4n) is 3.32. The fourth-order valence-corrected chi connectivity index (χ4v) is 3.32. The number of piperidine rings is 1. The highest BCUT2D eigenvalue weighted by atomic mass is 16.5. The minimum absolute atomic E-state index is 0.104. The van der Waals surface area contributed by atoms with Crippen molar-refractivity contribution in [2.24, 2.45) is 0 Å². The van der Waals surface area contributed by atoms with E-state index in [0.717, 1.165) is 25.2 Å². The molecule has 5 nitrogen and oxygen atoms in total. The molecule has 0 radical (unpaired) electrons. The van der Waals surface area contributed by atoms with E-state index in [9.17, 15) is 4.79 Å². The quantitative estimate of drug-likeness (QED) is 0.820. The van der Waals surface area contributed by atoms with Gasteiger partial charge in [-0.3, -0.25) is 9.69 Å². The van der Waals surface area contributed by atoms with E-state index in [1.807, 2.05) is 12.1 Å². The smallest absolute Gasteiger partial charge is 0.258 e. The maximum Gasteiger partial charge on any atom is 0.258 e. The summed E-state index contributed by atoms with van der Waals surface area (Å²) in [7, 11) is 0. The average molecular weight is 363 g/mol. The second-order valence-corrected chi connectivity index (χ2v) is 6.78. The molecule has 3 rings (SSSR count). The second kappa shape index (κ2) is 9.75. The molecule has 0 spiro atoms. The van der Waals surface area contributed by atoms with Gasteiger partial charge in [0, 0.05) is 13.1 Å². The number of nitrogens with one attached hydrogen (secondary N) is 1. The molecule has 5 heteroatoms. The van der Waals surface area contributed by atoms with Gasteiger partial charge in [-0.2, -0.15) is 5.26 Å². The van der Waals surface area contributed by atoms with Crippen molar-refractivity contribution in [1.29, 1.82) is 5.26 Å². The third-order valence-corrected chi connectivity index (χ3v) is 4.80. The number of likely N-dealkylation sites (tertiary alicyclic amines) is 1. The maximum absolute atomic E-state index is 12.2. The normalized spacial score (nSPS) is 14.3. The highest BCUT2D eigenvalue weighted by Gasteiger charge is 2.13. The summed E-state index contributed by atoms with van der Waals surface area (Å²) < 4.78 is 5.49. The van der Waals surface area contributed by atoms with Gasteiger partial charge in [0.05, 0.1) is 5.56 Å². The van der Waals surface area contributed by atoms with E-state index in [-0.39, 0.29) is 12.5 Å². The third kappa shape index (κ3) is 5.57. The summed E-state index contributed by atoms with van der Waals surface area (Å²) in [4.78, 5) is 14.6. The fraction of sp³-hybridized carbons (Fsp3) is 0.364. The Kier molecular flexibility index (Phi) is 6.84. The molecule has 0 unspecified atom stereocenters. The first-order valence-corrected chi connectivity index (χ1v) is 9.44. The zero-order valence-electron chi connectivity index (χ0n) is 15.5. The van der Waals surface area contributed by atoms with Crippen LogP contribution in [0.5, 0.6) is 5.75 Å². The van der Waals surface area contributed by atoms with Crippen LogP contribution in [0.1, 0.15) is 36.0 Å². The van der Waals surface area contributed by atoms with Crippen LogP contribution in [0.3, 0.4) is 0 Å². The van der Waals surface area contributed by atoms with E-state index in [0.29, 0.717) is 17.9 Å². The van der Waals surface area contributed by atoms with E-state index < -0.39 is 0 Å². The standard InChI is InChI=1S/C22H25N3O2/c23-14-18-8-4-5-11-21(18)27-17-22(26)24-15-19-9-2-3-10-20(19)16-25-12-6-1-7-13-25/h2-5,8-11H,1,6-7,12-13,15-17H2,(H,24,26). The van der Waals surface area contributed by atoms with E-state index in [4.69, 9.17) is 10.00 Å². The summed E-state index contributed by atoms with van der Waals surface area (Å²) in [5.41, 5.74) is 2.82. The highest BCUT2D eigenvalue weighted by molar-refractivity contribution is 5.77. The Labute approximate surface area is 160 Å². The SMILES string of the molecule is N#Cc1ccccc1OCC(=O)NCc1ccccc1CN1CCCCC1. The molecule has 0 aliphatic carbocycles. The molecule has 1 N–H and O–H groups in total. The van der Waals surface area contributed by atoms with E-state index in [2.05, 4.69) is 28.4 Å². The van der Waals surface area contributed by atoms with Crippen molar-refractivity contribution >= 4 is 5.91 Å². The summed E-state index contributed by atoms with van der Waals surface area (Å²) in [6.45, 7) is 3.59. The largest absolute Gasteiger partial charge is 0.482 e. The monoisotopic (exact) mass is 363 g/mol. The lowest BCUT2D eigenvalue weighted by Gasteiger charge is -2.27. The zero-order chi connectivity index (χ0) is 18.9. The van der Waals surface area contributed by atoms with Gasteiger partial charge in [-0.05, 0) is 49.2 Å². The van der Waals surface area contributed by atoms with Crippen molar-refractivity contribution in [3.63, 3.8) is 0 Å². The van der Waals surface area contributed by atoms with Crippen molar-refractivity contribution in [2.75, 3.05) is 19.7 Å². The number of hydrogen-bond donors (Lipinski definition) is 1. The Morgan fingerprint density at radius 1 is 1.04 bits per heavy atom. The first-order valence-electron chi connectivity index (χ1n) is 9.44. The summed E-state index contributed by atoms with van der Waals surface area (Å²) >= 11 is 0. The molecule has 0 aromatic heterocycles. The molecule has 27 heavy (non-hydrogen) atoms. The summed E-state index contributed by atoms with van der Waals surface area (Å²) in [5, 5.41) is 12.0. The highest BCUT2D eigenvalue weighted by Crippen LogP contribution is 2.17. The lowest BCUT2D eigenvalue weighted by molar-refractivity contribution is -0.123. The number of hydrogen-bond acceptors (Lipinski definition) is 4. The van der Waals surface area contributed by atoms with Gasteiger partial charge < -0.3 is 10.1 Å². The Morgan fingerprint density at radius 3 is 2.52 bits per heavy atom. The number of ether oxygens (including phenoxy) is 1. The molecular weight excluding hydrogens is 338 g/mol. The summed E-state index contributed by atoms with van der Waals surface area (Å²) in [6, 6.07) is 17.2. The second-order valence-electron chi connectivity index (χ2n) is 6.78. The van der Waals surface area contributed by atoms with Gasteiger partial charge in [-0.25, -0.2) is 0 Å². The number of rotatable bonds is 7. The van der Waals surface area contributed by atoms with Crippen LogP contribution in [0, 0.1) is 11.3 Å². The van der Waals surface area contributed by atoms with Crippen molar-refractivity contribution in [3.05, 3.63) is 65.2 Å². The lowest BCUT2D eigenvalue weighted by Crippen LogP contribution is -2.31. The Hall–Kier alpha value is -2.84. The first kappa shape index (κ1) is 18.9. The molecule has 1 amide bonds. The van der Waals surface area contributed by atoms with Crippen molar-refractivity contribution in [1.82, 2.24) is 10.2 Å². The van der Waals surface area contributed by atoms with E-state index in [1.165, 1.54) is 24.8 Å². The lowest BCUT2D eigenvalue weighted by atomic mass is 10.0. The molecular formula is C22H25N3O2. The van der Waals surface area contributed by atoms with Crippen LogP contribution < -0.4 is 10.1 Å². The van der Waals surface area contributed by atoms with Crippen LogP contribution in [0.4, 0.5) is 0 Å². The molecule has 0 saturated carbocycles. The predicted octanol–water partition coefficient (Wildman–Crippen LogP) is 3.24. The predicted molar refractivity (Wildman–Crippen MR) is 104 cm³/mol.